The van der Waals surface area contributed by atoms with Crippen LogP contribution in [0.1, 0.15) is 51.0 Å². The van der Waals surface area contributed by atoms with Gasteiger partial charge in [-0.2, -0.15) is 0 Å². The maximum absolute atomic E-state index is 12.2. The van der Waals surface area contributed by atoms with Gasteiger partial charge in [-0.05, 0) is 43.2 Å². The average molecular weight is 305 g/mol. The smallest absolute Gasteiger partial charge is 0.315 e. The lowest BCUT2D eigenvalue weighted by Crippen LogP contribution is -2.57. The molecule has 1 fully saturated rings. The highest BCUT2D eigenvalue weighted by atomic mass is 16.3. The molecule has 1 atom stereocenters. The molecule has 0 saturated heterocycles. The Morgan fingerprint density at radius 1 is 1.45 bits per heavy atom. The van der Waals surface area contributed by atoms with Crippen molar-refractivity contribution < 1.29 is 9.90 Å². The number of aromatic nitrogens is 1. The Kier molecular flexibility index (Phi) is 5.77. The van der Waals surface area contributed by atoms with Gasteiger partial charge in [0, 0.05) is 37.0 Å². The van der Waals surface area contributed by atoms with E-state index in [1.165, 1.54) is 0 Å². The molecule has 2 rings (SSSR count). The molecular weight excluding hydrogens is 278 g/mol. The minimum absolute atomic E-state index is 0.116. The molecule has 0 bridgehead atoms. The number of aliphatic hydroxyl groups is 1. The minimum atomic E-state index is -0.194. The van der Waals surface area contributed by atoms with Crippen LogP contribution >= 0.6 is 0 Å². The van der Waals surface area contributed by atoms with Crippen molar-refractivity contribution in [2.24, 2.45) is 5.92 Å². The number of carbonyl (C=O) groups is 1. The van der Waals surface area contributed by atoms with Crippen LogP contribution in [0.4, 0.5) is 4.79 Å². The third-order valence-corrected chi connectivity index (χ3v) is 4.68. The number of pyridine rings is 1. The van der Waals surface area contributed by atoms with Crippen LogP contribution in [0.5, 0.6) is 0 Å². The molecule has 1 aliphatic rings. The third kappa shape index (κ3) is 4.19. The Morgan fingerprint density at radius 3 is 2.73 bits per heavy atom. The molecule has 22 heavy (non-hydrogen) atoms. The van der Waals surface area contributed by atoms with Crippen LogP contribution in [-0.4, -0.2) is 34.8 Å². The summed E-state index contributed by atoms with van der Waals surface area (Å²) in [5, 5.41) is 15.2. The van der Waals surface area contributed by atoms with Crippen molar-refractivity contribution in [3.8, 4) is 0 Å². The molecule has 1 unspecified atom stereocenters. The van der Waals surface area contributed by atoms with Gasteiger partial charge in [0.1, 0.15) is 0 Å². The summed E-state index contributed by atoms with van der Waals surface area (Å²) in [6.07, 6.45) is 7.29. The first-order valence-electron chi connectivity index (χ1n) is 8.13. The minimum Gasteiger partial charge on any atom is -0.396 e. The maximum Gasteiger partial charge on any atom is 0.315 e. The number of rotatable bonds is 7. The molecule has 0 aliphatic heterocycles. The molecule has 1 aromatic heterocycles. The van der Waals surface area contributed by atoms with Gasteiger partial charge in [-0.25, -0.2) is 4.79 Å². The Hall–Kier alpha value is -1.62. The number of hydrogen-bond acceptors (Lipinski definition) is 3. The molecule has 0 aromatic carbocycles. The third-order valence-electron chi connectivity index (χ3n) is 4.68. The summed E-state index contributed by atoms with van der Waals surface area (Å²) in [6, 6.07) is 3.84. The van der Waals surface area contributed by atoms with E-state index in [4.69, 9.17) is 5.11 Å². The molecule has 0 spiro atoms. The first-order chi connectivity index (χ1) is 10.6. The summed E-state index contributed by atoms with van der Waals surface area (Å²) in [4.78, 5) is 16.3. The van der Waals surface area contributed by atoms with Crippen molar-refractivity contribution in [1.82, 2.24) is 15.6 Å². The number of nitrogens with one attached hydrogen (secondary N) is 2. The highest BCUT2D eigenvalue weighted by molar-refractivity contribution is 5.75. The van der Waals surface area contributed by atoms with Crippen molar-refractivity contribution in [3.63, 3.8) is 0 Å². The van der Waals surface area contributed by atoms with E-state index in [9.17, 15) is 4.79 Å². The lowest BCUT2D eigenvalue weighted by molar-refractivity contribution is 0.135. The number of hydrogen-bond donors (Lipinski definition) is 3. The van der Waals surface area contributed by atoms with E-state index in [-0.39, 0.29) is 24.1 Å². The standard InChI is InChI=1S/C17H27N3O2/c1-13(2)15(14-5-3-9-18-11-14)12-19-16(22)20-17(8-10-21)6-4-7-17/h3,5,9,11,13,15,21H,4,6-8,10,12H2,1-2H3,(H2,19,20,22). The maximum atomic E-state index is 12.2. The first kappa shape index (κ1) is 16.7. The molecule has 5 heteroatoms. The van der Waals surface area contributed by atoms with Gasteiger partial charge in [0.25, 0.3) is 0 Å². The van der Waals surface area contributed by atoms with Gasteiger partial charge in [-0.15, -0.1) is 0 Å². The molecule has 1 aliphatic carbocycles. The fourth-order valence-corrected chi connectivity index (χ4v) is 3.08. The first-order valence-corrected chi connectivity index (χ1v) is 8.13. The van der Waals surface area contributed by atoms with Crippen LogP contribution in [0.15, 0.2) is 24.5 Å². The van der Waals surface area contributed by atoms with Gasteiger partial charge < -0.3 is 15.7 Å². The van der Waals surface area contributed by atoms with E-state index in [1.807, 2.05) is 12.3 Å². The molecule has 0 radical (unpaired) electrons. The summed E-state index contributed by atoms with van der Waals surface area (Å²) < 4.78 is 0. The van der Waals surface area contributed by atoms with Gasteiger partial charge >= 0.3 is 6.03 Å². The highest BCUT2D eigenvalue weighted by Gasteiger charge is 2.37. The van der Waals surface area contributed by atoms with E-state index < -0.39 is 0 Å². The highest BCUT2D eigenvalue weighted by Crippen LogP contribution is 2.34. The molecule has 122 valence electrons. The van der Waals surface area contributed by atoms with Gasteiger partial charge in [0.2, 0.25) is 0 Å². The quantitative estimate of drug-likeness (QED) is 0.724. The fourth-order valence-electron chi connectivity index (χ4n) is 3.08. The van der Waals surface area contributed by atoms with Crippen molar-refractivity contribution in [2.45, 2.75) is 51.0 Å². The summed E-state index contributed by atoms with van der Waals surface area (Å²) >= 11 is 0. The largest absolute Gasteiger partial charge is 0.396 e. The zero-order valence-corrected chi connectivity index (χ0v) is 13.5. The summed E-state index contributed by atoms with van der Waals surface area (Å²) in [7, 11) is 0. The van der Waals surface area contributed by atoms with Gasteiger partial charge in [-0.1, -0.05) is 19.9 Å². The van der Waals surface area contributed by atoms with Crippen LogP contribution in [0.2, 0.25) is 0 Å². The van der Waals surface area contributed by atoms with Crippen molar-refractivity contribution in [3.05, 3.63) is 30.1 Å². The van der Waals surface area contributed by atoms with Crippen molar-refractivity contribution >= 4 is 6.03 Å². The van der Waals surface area contributed by atoms with E-state index >= 15 is 0 Å². The molecule has 1 heterocycles. The molecular formula is C17H27N3O2. The van der Waals surface area contributed by atoms with E-state index in [2.05, 4.69) is 35.5 Å². The molecule has 1 aromatic rings. The zero-order chi connectivity index (χ0) is 16.0. The van der Waals surface area contributed by atoms with Crippen molar-refractivity contribution in [2.75, 3.05) is 13.2 Å². The van der Waals surface area contributed by atoms with Crippen molar-refractivity contribution in [1.29, 1.82) is 0 Å². The number of nitrogens with zero attached hydrogens (tertiary/aromatic N) is 1. The normalized spacial score (nSPS) is 17.6. The number of amides is 2. The SMILES string of the molecule is CC(C)C(CNC(=O)NC1(CCO)CCC1)c1cccnc1. The number of carbonyl (C=O) groups excluding carboxylic acids is 1. The fraction of sp³-hybridized carbons (Fsp3) is 0.647. The van der Waals surface area contributed by atoms with Gasteiger partial charge in [0.15, 0.2) is 0 Å². The zero-order valence-electron chi connectivity index (χ0n) is 13.5. The van der Waals surface area contributed by atoms with Crippen LogP contribution in [0, 0.1) is 5.92 Å². The van der Waals surface area contributed by atoms with Gasteiger partial charge in [-0.3, -0.25) is 4.98 Å². The predicted octanol–water partition coefficient (Wildman–Crippen LogP) is 2.43. The molecule has 1 saturated carbocycles. The second kappa shape index (κ2) is 7.58. The number of aliphatic hydroxyl groups excluding tert-OH is 1. The van der Waals surface area contributed by atoms with E-state index in [0.717, 1.165) is 24.8 Å². The number of urea groups is 1. The van der Waals surface area contributed by atoms with Crippen LogP contribution in [0.25, 0.3) is 0 Å². The average Bonchev–Trinajstić information content (AvgIpc) is 2.46. The molecule has 3 N–H and O–H groups in total. The summed E-state index contributed by atoms with van der Waals surface area (Å²) in [5.41, 5.74) is 0.951. The predicted molar refractivity (Wildman–Crippen MR) is 86.6 cm³/mol. The lowest BCUT2D eigenvalue weighted by Gasteiger charge is -2.42. The Labute approximate surface area is 132 Å². The molecule has 2 amide bonds. The van der Waals surface area contributed by atoms with Crippen LogP contribution in [-0.2, 0) is 0 Å². The monoisotopic (exact) mass is 305 g/mol. The second-order valence-corrected chi connectivity index (χ2v) is 6.58. The molecule has 5 nitrogen and oxygen atoms in total. The van der Waals surface area contributed by atoms with Crippen LogP contribution in [0.3, 0.4) is 0 Å². The Balaban J connectivity index is 1.88. The Bertz CT molecular complexity index is 472. The van der Waals surface area contributed by atoms with Crippen LogP contribution < -0.4 is 10.6 Å². The lowest BCUT2D eigenvalue weighted by atomic mass is 9.74. The van der Waals surface area contributed by atoms with E-state index in [1.54, 1.807) is 6.20 Å². The Morgan fingerprint density at radius 2 is 2.23 bits per heavy atom. The van der Waals surface area contributed by atoms with E-state index in [0.29, 0.717) is 18.9 Å². The summed E-state index contributed by atoms with van der Waals surface area (Å²) in [6.45, 7) is 5.00. The summed E-state index contributed by atoms with van der Waals surface area (Å²) in [5.74, 6) is 0.661. The second-order valence-electron chi connectivity index (χ2n) is 6.58. The topological polar surface area (TPSA) is 74.2 Å². The van der Waals surface area contributed by atoms with Gasteiger partial charge in [0.05, 0.1) is 0 Å².